The summed E-state index contributed by atoms with van der Waals surface area (Å²) in [7, 11) is 0. The van der Waals surface area contributed by atoms with Gasteiger partial charge in [0, 0.05) is 5.56 Å². The molecular formula is C23H20N4O5. The average Bonchev–Trinajstić information content (AvgIpc) is 3.21. The zero-order valence-electron chi connectivity index (χ0n) is 17.2. The number of nitriles is 1. The highest BCUT2D eigenvalue weighted by atomic mass is 16.5. The molecule has 4 N–H and O–H groups in total. The number of carboxylic acids is 1. The third-order valence-corrected chi connectivity index (χ3v) is 4.97. The average molecular weight is 432 g/mol. The van der Waals surface area contributed by atoms with Gasteiger partial charge < -0.3 is 25.1 Å². The zero-order valence-corrected chi connectivity index (χ0v) is 17.2. The van der Waals surface area contributed by atoms with Crippen molar-refractivity contribution in [3.8, 4) is 34.7 Å². The number of nitrogens with two attached hydrogens (primary N) is 1. The molecular weight excluding hydrogens is 412 g/mol. The number of rotatable bonds is 7. The highest BCUT2D eigenvalue weighted by Gasteiger charge is 2.35. The third-order valence-electron chi connectivity index (χ3n) is 4.97. The number of hydrogen-bond donors (Lipinski definition) is 3. The Kier molecular flexibility index (Phi) is 5.68. The second-order valence-electron chi connectivity index (χ2n) is 6.95. The molecule has 1 aliphatic heterocycles. The number of H-pyrrole nitrogens is 1. The second kappa shape index (κ2) is 8.73. The molecule has 2 heterocycles. The van der Waals surface area contributed by atoms with Crippen molar-refractivity contribution in [1.29, 1.82) is 5.26 Å². The third kappa shape index (κ3) is 3.94. The summed E-state index contributed by atoms with van der Waals surface area (Å²) in [5.74, 6) is -0.168. The molecule has 1 aromatic heterocycles. The molecule has 0 bridgehead atoms. The number of ether oxygens (including phenoxy) is 3. The minimum atomic E-state index is -1.07. The molecule has 0 radical (unpaired) electrons. The van der Waals surface area contributed by atoms with Crippen molar-refractivity contribution in [3.05, 3.63) is 71.1 Å². The van der Waals surface area contributed by atoms with E-state index in [1.807, 2.05) is 31.2 Å². The number of hydrogen-bond acceptors (Lipinski definition) is 7. The lowest BCUT2D eigenvalue weighted by Crippen LogP contribution is -2.21. The number of carboxylic acid groups (broad SMARTS) is 1. The van der Waals surface area contributed by atoms with Gasteiger partial charge in [0.25, 0.3) is 0 Å². The van der Waals surface area contributed by atoms with Gasteiger partial charge in [-0.1, -0.05) is 12.1 Å². The summed E-state index contributed by atoms with van der Waals surface area (Å²) in [6.45, 7) is 2.04. The lowest BCUT2D eigenvalue weighted by molar-refractivity contribution is -0.139. The Labute approximate surface area is 183 Å². The predicted molar refractivity (Wildman–Crippen MR) is 114 cm³/mol. The van der Waals surface area contributed by atoms with Gasteiger partial charge in [-0.15, -0.1) is 5.10 Å². The minimum Gasteiger partial charge on any atom is -0.494 e. The maximum Gasteiger partial charge on any atom is 0.341 e. The normalized spacial score (nSPS) is 14.8. The number of fused-ring (bicyclic) bond motifs is 1. The van der Waals surface area contributed by atoms with Crippen LogP contribution in [0.4, 0.5) is 0 Å². The van der Waals surface area contributed by atoms with E-state index in [0.29, 0.717) is 29.5 Å². The Morgan fingerprint density at radius 2 is 1.84 bits per heavy atom. The molecule has 4 rings (SSSR count). The van der Waals surface area contributed by atoms with Gasteiger partial charge in [0.15, 0.2) is 6.61 Å². The number of aliphatic carboxylic acids is 1. The van der Waals surface area contributed by atoms with Crippen LogP contribution >= 0.6 is 0 Å². The first-order chi connectivity index (χ1) is 15.5. The number of nitrogens with one attached hydrogen (secondary N) is 1. The van der Waals surface area contributed by atoms with Gasteiger partial charge in [0.1, 0.15) is 23.1 Å². The van der Waals surface area contributed by atoms with E-state index in [4.69, 9.17) is 25.1 Å². The van der Waals surface area contributed by atoms with Crippen LogP contribution in [0.2, 0.25) is 0 Å². The van der Waals surface area contributed by atoms with Gasteiger partial charge in [0.05, 0.1) is 23.8 Å². The topological polar surface area (TPSA) is 143 Å². The number of nitrogens with zero attached hydrogens (tertiary/aromatic N) is 2. The van der Waals surface area contributed by atoms with E-state index < -0.39 is 18.5 Å². The van der Waals surface area contributed by atoms with Gasteiger partial charge in [-0.05, 0) is 48.9 Å². The van der Waals surface area contributed by atoms with Crippen molar-refractivity contribution in [2.24, 2.45) is 5.73 Å². The largest absolute Gasteiger partial charge is 0.494 e. The molecule has 0 saturated carbocycles. The lowest BCUT2D eigenvalue weighted by Gasteiger charge is -2.24. The van der Waals surface area contributed by atoms with Crippen LogP contribution in [0.25, 0.3) is 11.3 Å². The van der Waals surface area contributed by atoms with E-state index in [1.165, 1.54) is 0 Å². The summed E-state index contributed by atoms with van der Waals surface area (Å²) >= 11 is 0. The number of aromatic amines is 1. The molecule has 32 heavy (non-hydrogen) atoms. The molecule has 1 unspecified atom stereocenters. The standard InChI is InChI=1S/C23H20N4O5/c1-2-30-15-9-5-14(6-10-15)21-20-19(17(11-24)22(25)32-23(20)27-26-21)13-3-7-16(8-4-13)31-12-18(28)29/h3-10,19H,2,12,25H2,1H3,(H,26,27)(H,28,29). The molecule has 9 heteroatoms. The van der Waals surface area contributed by atoms with Crippen LogP contribution in [0.15, 0.2) is 60.0 Å². The molecule has 1 aliphatic rings. The SMILES string of the molecule is CCOc1ccc(-c2[nH]nc3c2C(c2ccc(OCC(=O)O)cc2)C(C#N)=C(N)O3)cc1. The molecule has 0 saturated heterocycles. The maximum absolute atomic E-state index is 10.7. The van der Waals surface area contributed by atoms with Crippen molar-refractivity contribution in [2.75, 3.05) is 13.2 Å². The molecule has 3 aromatic rings. The molecule has 9 nitrogen and oxygen atoms in total. The summed E-state index contributed by atoms with van der Waals surface area (Å²) in [6, 6.07) is 16.5. The van der Waals surface area contributed by atoms with E-state index in [1.54, 1.807) is 24.3 Å². The number of carbonyl (C=O) groups is 1. The lowest BCUT2D eigenvalue weighted by atomic mass is 9.83. The number of aromatic nitrogens is 2. The Balaban J connectivity index is 1.75. The van der Waals surface area contributed by atoms with Gasteiger partial charge in [-0.25, -0.2) is 4.79 Å². The molecule has 162 valence electrons. The van der Waals surface area contributed by atoms with Crippen molar-refractivity contribution in [3.63, 3.8) is 0 Å². The zero-order chi connectivity index (χ0) is 22.7. The maximum atomic E-state index is 10.7. The van der Waals surface area contributed by atoms with Crippen molar-refractivity contribution in [2.45, 2.75) is 12.8 Å². The summed E-state index contributed by atoms with van der Waals surface area (Å²) < 4.78 is 16.3. The van der Waals surface area contributed by atoms with Crippen LogP contribution in [0.3, 0.4) is 0 Å². The molecule has 0 spiro atoms. The molecule has 2 aromatic carbocycles. The van der Waals surface area contributed by atoms with Gasteiger partial charge in [0.2, 0.25) is 11.8 Å². The van der Waals surface area contributed by atoms with E-state index in [9.17, 15) is 10.1 Å². The van der Waals surface area contributed by atoms with Crippen LogP contribution in [-0.2, 0) is 4.79 Å². The van der Waals surface area contributed by atoms with Crippen LogP contribution in [0.1, 0.15) is 24.0 Å². The van der Waals surface area contributed by atoms with Gasteiger partial charge in [-0.2, -0.15) is 5.26 Å². The fourth-order valence-corrected chi connectivity index (χ4v) is 3.58. The minimum absolute atomic E-state index is 0.0130. The Hall–Kier alpha value is -4.45. The van der Waals surface area contributed by atoms with Crippen molar-refractivity contribution < 1.29 is 24.1 Å². The van der Waals surface area contributed by atoms with Crippen molar-refractivity contribution >= 4 is 5.97 Å². The van der Waals surface area contributed by atoms with E-state index in [0.717, 1.165) is 16.9 Å². The molecule has 0 amide bonds. The number of allylic oxidation sites excluding steroid dienone is 1. The van der Waals surface area contributed by atoms with Crippen LogP contribution in [0, 0.1) is 11.3 Å². The van der Waals surface area contributed by atoms with Gasteiger partial charge in [-0.3, -0.25) is 5.10 Å². The Bertz CT molecular complexity index is 1210. The summed E-state index contributed by atoms with van der Waals surface area (Å²) in [4.78, 5) is 10.7. The van der Waals surface area contributed by atoms with Crippen LogP contribution < -0.4 is 19.9 Å². The monoisotopic (exact) mass is 432 g/mol. The fraction of sp³-hybridized carbons (Fsp3) is 0.174. The highest BCUT2D eigenvalue weighted by Crippen LogP contribution is 2.45. The Morgan fingerprint density at radius 1 is 1.19 bits per heavy atom. The van der Waals surface area contributed by atoms with E-state index in [2.05, 4.69) is 16.3 Å². The van der Waals surface area contributed by atoms with Gasteiger partial charge >= 0.3 is 5.97 Å². The first-order valence-corrected chi connectivity index (χ1v) is 9.85. The summed E-state index contributed by atoms with van der Waals surface area (Å²) in [6.07, 6.45) is 0. The quantitative estimate of drug-likeness (QED) is 0.516. The van der Waals surface area contributed by atoms with Crippen LogP contribution in [0.5, 0.6) is 17.4 Å². The van der Waals surface area contributed by atoms with E-state index >= 15 is 0 Å². The highest BCUT2D eigenvalue weighted by molar-refractivity contribution is 5.71. The first kappa shape index (κ1) is 20.8. The fourth-order valence-electron chi connectivity index (χ4n) is 3.58. The Morgan fingerprint density at radius 3 is 2.47 bits per heavy atom. The molecule has 1 atom stereocenters. The summed E-state index contributed by atoms with van der Waals surface area (Å²) in [5.41, 5.74) is 9.24. The summed E-state index contributed by atoms with van der Waals surface area (Å²) in [5, 5.41) is 25.9. The van der Waals surface area contributed by atoms with Crippen LogP contribution in [-0.4, -0.2) is 34.5 Å². The predicted octanol–water partition coefficient (Wildman–Crippen LogP) is 3.16. The molecule has 0 fully saturated rings. The second-order valence-corrected chi connectivity index (χ2v) is 6.95. The first-order valence-electron chi connectivity index (χ1n) is 9.85. The van der Waals surface area contributed by atoms with Crippen molar-refractivity contribution in [1.82, 2.24) is 10.2 Å². The smallest absolute Gasteiger partial charge is 0.341 e. The van der Waals surface area contributed by atoms with E-state index in [-0.39, 0.29) is 11.5 Å². The molecule has 0 aliphatic carbocycles. The number of benzene rings is 2.